The third-order valence-electron chi connectivity index (χ3n) is 7.58. The van der Waals surface area contributed by atoms with Gasteiger partial charge in [0.2, 0.25) is 5.91 Å². The van der Waals surface area contributed by atoms with Gasteiger partial charge in [-0.15, -0.1) is 0 Å². The van der Waals surface area contributed by atoms with Gasteiger partial charge in [-0.2, -0.15) is 0 Å². The van der Waals surface area contributed by atoms with Crippen molar-refractivity contribution in [3.05, 3.63) is 77.0 Å². The summed E-state index contributed by atoms with van der Waals surface area (Å²) in [5.41, 5.74) is 7.49. The van der Waals surface area contributed by atoms with Gasteiger partial charge in [0.1, 0.15) is 0 Å². The SMILES string of the molecule is CN1C(=O)C2CN(Cc3c2c2ccccc2n3Cc2ccc(/C=C/C(=O)NOC3CCCCO3)cc2)C1=O. The second kappa shape index (κ2) is 10.1. The molecule has 3 aromatic rings. The second-order valence-electron chi connectivity index (χ2n) is 10.0. The summed E-state index contributed by atoms with van der Waals surface area (Å²) in [6, 6.07) is 15.9. The highest BCUT2D eigenvalue weighted by atomic mass is 16.8. The van der Waals surface area contributed by atoms with E-state index in [-0.39, 0.29) is 30.1 Å². The molecule has 38 heavy (non-hydrogen) atoms. The van der Waals surface area contributed by atoms with Gasteiger partial charge in [-0.1, -0.05) is 42.5 Å². The van der Waals surface area contributed by atoms with Gasteiger partial charge < -0.3 is 14.2 Å². The van der Waals surface area contributed by atoms with Crippen LogP contribution < -0.4 is 5.48 Å². The fraction of sp³-hybridized carbons (Fsp3) is 0.345. The summed E-state index contributed by atoms with van der Waals surface area (Å²) in [6.45, 7) is 2.16. The maximum Gasteiger partial charge on any atom is 0.326 e. The summed E-state index contributed by atoms with van der Waals surface area (Å²) < 4.78 is 7.67. The Hall–Kier alpha value is -3.95. The fourth-order valence-electron chi connectivity index (χ4n) is 5.62. The molecular formula is C29H30N4O5. The summed E-state index contributed by atoms with van der Waals surface area (Å²) >= 11 is 0. The van der Waals surface area contributed by atoms with E-state index in [9.17, 15) is 14.4 Å². The van der Waals surface area contributed by atoms with Crippen molar-refractivity contribution in [2.45, 2.75) is 44.6 Å². The normalized spacial score (nSPS) is 21.3. The molecule has 2 bridgehead atoms. The van der Waals surface area contributed by atoms with Crippen LogP contribution >= 0.6 is 0 Å². The fourth-order valence-corrected chi connectivity index (χ4v) is 5.62. The number of nitrogens with one attached hydrogen (secondary N) is 1. The number of aromatic nitrogens is 1. The lowest BCUT2D eigenvalue weighted by atomic mass is 9.89. The first-order valence-corrected chi connectivity index (χ1v) is 13.0. The molecule has 2 unspecified atom stereocenters. The Morgan fingerprint density at radius 3 is 2.74 bits per heavy atom. The molecule has 3 aliphatic rings. The molecule has 0 aliphatic carbocycles. The van der Waals surface area contributed by atoms with Gasteiger partial charge in [0.25, 0.3) is 5.91 Å². The predicted molar refractivity (Wildman–Crippen MR) is 141 cm³/mol. The maximum atomic E-state index is 13.0. The van der Waals surface area contributed by atoms with E-state index >= 15 is 0 Å². The van der Waals surface area contributed by atoms with Crippen molar-refractivity contribution in [3.63, 3.8) is 0 Å². The van der Waals surface area contributed by atoms with E-state index in [2.05, 4.69) is 22.2 Å². The molecular weight excluding hydrogens is 484 g/mol. The molecule has 2 atom stereocenters. The number of carbonyl (C=O) groups excluding carboxylic acids is 3. The molecule has 3 aliphatic heterocycles. The average molecular weight is 515 g/mol. The van der Waals surface area contributed by atoms with Gasteiger partial charge in [0.15, 0.2) is 6.29 Å². The number of imide groups is 1. The molecule has 0 saturated carbocycles. The summed E-state index contributed by atoms with van der Waals surface area (Å²) in [6.07, 6.45) is 5.60. The van der Waals surface area contributed by atoms with Crippen molar-refractivity contribution < 1.29 is 24.0 Å². The van der Waals surface area contributed by atoms with Gasteiger partial charge in [-0.05, 0) is 41.7 Å². The van der Waals surface area contributed by atoms with Crippen LogP contribution in [0.25, 0.3) is 17.0 Å². The molecule has 9 nitrogen and oxygen atoms in total. The van der Waals surface area contributed by atoms with Crippen LogP contribution in [0.2, 0.25) is 0 Å². The quantitative estimate of drug-likeness (QED) is 0.399. The number of para-hydroxylation sites is 1. The number of carbonyl (C=O) groups is 3. The first-order valence-electron chi connectivity index (χ1n) is 13.0. The first kappa shape index (κ1) is 24.4. The zero-order chi connectivity index (χ0) is 26.2. The maximum absolute atomic E-state index is 13.0. The van der Waals surface area contributed by atoms with E-state index in [0.29, 0.717) is 26.2 Å². The van der Waals surface area contributed by atoms with E-state index in [0.717, 1.165) is 52.5 Å². The van der Waals surface area contributed by atoms with Gasteiger partial charge in [-0.3, -0.25) is 14.5 Å². The lowest BCUT2D eigenvalue weighted by molar-refractivity contribution is -0.198. The number of amides is 4. The molecule has 1 aromatic heterocycles. The molecule has 196 valence electrons. The molecule has 2 aromatic carbocycles. The number of hydroxylamine groups is 1. The van der Waals surface area contributed by atoms with Crippen molar-refractivity contribution in [1.82, 2.24) is 19.8 Å². The third kappa shape index (κ3) is 4.48. The smallest absolute Gasteiger partial charge is 0.326 e. The van der Waals surface area contributed by atoms with Crippen LogP contribution in [0.4, 0.5) is 4.79 Å². The number of fused-ring (bicyclic) bond motifs is 6. The summed E-state index contributed by atoms with van der Waals surface area (Å²) in [7, 11) is 1.56. The van der Waals surface area contributed by atoms with E-state index in [1.165, 1.54) is 11.0 Å². The number of ether oxygens (including phenoxy) is 1. The minimum absolute atomic E-state index is 0.146. The minimum atomic E-state index is -0.385. The Balaban J connectivity index is 1.20. The molecule has 4 heterocycles. The highest BCUT2D eigenvalue weighted by Crippen LogP contribution is 2.40. The molecule has 6 rings (SSSR count). The summed E-state index contributed by atoms with van der Waals surface area (Å²) in [5, 5.41) is 1.06. The summed E-state index contributed by atoms with van der Waals surface area (Å²) in [5.74, 6) is -0.837. The van der Waals surface area contributed by atoms with Crippen LogP contribution in [0, 0.1) is 0 Å². The van der Waals surface area contributed by atoms with Gasteiger partial charge >= 0.3 is 6.03 Å². The van der Waals surface area contributed by atoms with Crippen molar-refractivity contribution in [1.29, 1.82) is 0 Å². The van der Waals surface area contributed by atoms with Crippen LogP contribution in [-0.4, -0.2) is 58.7 Å². The predicted octanol–water partition coefficient (Wildman–Crippen LogP) is 3.77. The van der Waals surface area contributed by atoms with E-state index < -0.39 is 0 Å². The number of nitrogens with zero attached hydrogens (tertiary/aromatic N) is 3. The summed E-state index contributed by atoms with van der Waals surface area (Å²) in [4.78, 5) is 46.1. The average Bonchev–Trinajstić information content (AvgIpc) is 3.27. The number of urea groups is 1. The van der Waals surface area contributed by atoms with Crippen molar-refractivity contribution in [2.24, 2.45) is 0 Å². The van der Waals surface area contributed by atoms with Crippen molar-refractivity contribution >= 4 is 34.8 Å². The molecule has 2 fully saturated rings. The Bertz CT molecular complexity index is 1420. The van der Waals surface area contributed by atoms with Crippen LogP contribution in [0.15, 0.2) is 54.6 Å². The highest BCUT2D eigenvalue weighted by molar-refractivity contribution is 6.04. The molecule has 9 heteroatoms. The Morgan fingerprint density at radius 2 is 1.95 bits per heavy atom. The first-order chi connectivity index (χ1) is 18.5. The monoisotopic (exact) mass is 514 g/mol. The molecule has 4 amide bonds. The van der Waals surface area contributed by atoms with Gasteiger partial charge in [0.05, 0.1) is 12.5 Å². The number of rotatable bonds is 6. The lowest BCUT2D eigenvalue weighted by Crippen LogP contribution is -2.56. The van der Waals surface area contributed by atoms with Crippen molar-refractivity contribution in [2.75, 3.05) is 20.2 Å². The van der Waals surface area contributed by atoms with Gasteiger partial charge in [0, 0.05) is 55.8 Å². The second-order valence-corrected chi connectivity index (χ2v) is 10.0. The molecule has 0 spiro atoms. The van der Waals surface area contributed by atoms with Crippen LogP contribution in [0.1, 0.15) is 47.6 Å². The Kier molecular flexibility index (Phi) is 6.47. The van der Waals surface area contributed by atoms with Crippen molar-refractivity contribution in [3.8, 4) is 0 Å². The molecule has 0 radical (unpaired) electrons. The molecule has 1 N–H and O–H groups in total. The number of hydrogen-bond acceptors (Lipinski definition) is 5. The topological polar surface area (TPSA) is 93.1 Å². The van der Waals surface area contributed by atoms with Gasteiger partial charge in [-0.25, -0.2) is 15.1 Å². The van der Waals surface area contributed by atoms with E-state index in [1.54, 1.807) is 18.0 Å². The van der Waals surface area contributed by atoms with E-state index in [4.69, 9.17) is 9.57 Å². The molecule has 2 saturated heterocycles. The highest BCUT2D eigenvalue weighted by Gasteiger charge is 2.44. The third-order valence-corrected chi connectivity index (χ3v) is 7.58. The largest absolute Gasteiger partial charge is 0.350 e. The van der Waals surface area contributed by atoms with Crippen LogP contribution in [0.5, 0.6) is 0 Å². The van der Waals surface area contributed by atoms with E-state index in [1.807, 2.05) is 36.4 Å². The number of hydrogen-bond donors (Lipinski definition) is 1. The van der Waals surface area contributed by atoms with Crippen LogP contribution in [0.3, 0.4) is 0 Å². The zero-order valence-corrected chi connectivity index (χ0v) is 21.3. The zero-order valence-electron chi connectivity index (χ0n) is 21.3. The Labute approximate surface area is 220 Å². The van der Waals surface area contributed by atoms with Crippen LogP contribution in [-0.2, 0) is 32.3 Å². The number of likely N-dealkylation sites (N-methyl/N-ethyl adjacent to an activating group) is 1. The number of benzene rings is 2. The standard InChI is InChI=1S/C29H30N4O5/c1-31-28(35)22-17-32(29(31)36)18-24-27(22)21-6-2-3-7-23(21)33(24)16-20-11-9-19(10-12-20)13-14-25(34)30-38-26-8-4-5-15-37-26/h2-3,6-7,9-14,22,26H,4-5,8,15-18H2,1H3,(H,30,34)/b14-13+. The lowest BCUT2D eigenvalue weighted by Gasteiger charge is -2.41. The minimum Gasteiger partial charge on any atom is -0.350 e. The Morgan fingerprint density at radius 1 is 1.13 bits per heavy atom.